The molecule has 0 unspecified atom stereocenters. The highest BCUT2D eigenvalue weighted by Crippen LogP contribution is 2.24. The zero-order valence-corrected chi connectivity index (χ0v) is 10.5. The Balaban J connectivity index is 2.30. The van der Waals surface area contributed by atoms with Gasteiger partial charge in [-0.2, -0.15) is 5.26 Å². The van der Waals surface area contributed by atoms with E-state index in [4.69, 9.17) is 5.26 Å². The highest BCUT2D eigenvalue weighted by atomic mass is 32.2. The Morgan fingerprint density at radius 2 is 2.33 bits per heavy atom. The van der Waals surface area contributed by atoms with Crippen molar-refractivity contribution in [2.75, 3.05) is 17.6 Å². The molecule has 0 saturated carbocycles. The number of hydrogen-bond donors (Lipinski definition) is 1. The third-order valence-corrected chi connectivity index (χ3v) is 3.55. The van der Waals surface area contributed by atoms with Crippen LogP contribution in [-0.4, -0.2) is 22.5 Å². The molecule has 1 aromatic heterocycles. The quantitative estimate of drug-likeness (QED) is 0.777. The van der Waals surface area contributed by atoms with E-state index in [9.17, 15) is 0 Å². The maximum Gasteiger partial charge on any atom is 0.206 e. The van der Waals surface area contributed by atoms with Gasteiger partial charge in [0.2, 0.25) is 5.13 Å². The molecule has 0 aromatic carbocycles. The van der Waals surface area contributed by atoms with E-state index in [-0.39, 0.29) is 0 Å². The topological polar surface area (TPSA) is 61.6 Å². The third-order valence-electron chi connectivity index (χ3n) is 1.66. The van der Waals surface area contributed by atoms with Crippen LogP contribution >= 0.6 is 23.1 Å². The molecule has 0 spiro atoms. The standard InChI is InChI=1S/C9H14N4S2/c1-7(2)3-5-11-8-12-13-9(15-8)14-6-4-10/h7H,3,5-6H2,1-2H3,(H,11,12). The summed E-state index contributed by atoms with van der Waals surface area (Å²) >= 11 is 2.93. The van der Waals surface area contributed by atoms with Crippen molar-refractivity contribution in [1.82, 2.24) is 10.2 Å². The smallest absolute Gasteiger partial charge is 0.206 e. The van der Waals surface area contributed by atoms with Gasteiger partial charge in [0.25, 0.3) is 0 Å². The molecule has 0 radical (unpaired) electrons. The molecule has 1 N–H and O–H groups in total. The summed E-state index contributed by atoms with van der Waals surface area (Å²) in [6, 6.07) is 2.06. The van der Waals surface area contributed by atoms with E-state index in [1.807, 2.05) is 0 Å². The zero-order chi connectivity index (χ0) is 11.1. The first-order valence-corrected chi connectivity index (χ1v) is 6.59. The third kappa shape index (κ3) is 5.00. The van der Waals surface area contributed by atoms with Gasteiger partial charge in [-0.1, -0.05) is 36.9 Å². The van der Waals surface area contributed by atoms with E-state index >= 15 is 0 Å². The molecule has 6 heteroatoms. The average molecular weight is 242 g/mol. The lowest BCUT2D eigenvalue weighted by atomic mass is 10.1. The van der Waals surface area contributed by atoms with Gasteiger partial charge in [-0.3, -0.25) is 0 Å². The Morgan fingerprint density at radius 3 is 3.00 bits per heavy atom. The summed E-state index contributed by atoms with van der Waals surface area (Å²) in [5, 5.41) is 20.4. The summed E-state index contributed by atoms with van der Waals surface area (Å²) in [5.41, 5.74) is 0. The second kappa shape index (κ2) is 6.64. The van der Waals surface area contributed by atoms with E-state index in [0.717, 1.165) is 22.4 Å². The molecule has 0 bridgehead atoms. The molecule has 1 rings (SSSR count). The number of aromatic nitrogens is 2. The average Bonchev–Trinajstić information content (AvgIpc) is 2.62. The second-order valence-electron chi connectivity index (χ2n) is 3.43. The van der Waals surface area contributed by atoms with Gasteiger partial charge >= 0.3 is 0 Å². The van der Waals surface area contributed by atoms with Gasteiger partial charge in [-0.25, -0.2) is 0 Å². The lowest BCUT2D eigenvalue weighted by Crippen LogP contribution is -2.04. The Bertz CT molecular complexity index is 329. The van der Waals surface area contributed by atoms with Crippen LogP contribution in [0, 0.1) is 17.2 Å². The van der Waals surface area contributed by atoms with Gasteiger partial charge in [0.1, 0.15) is 0 Å². The summed E-state index contributed by atoms with van der Waals surface area (Å²) in [6.07, 6.45) is 1.13. The SMILES string of the molecule is CC(C)CCNc1nnc(SCC#N)s1. The Kier molecular flexibility index (Phi) is 5.43. The highest BCUT2D eigenvalue weighted by molar-refractivity contribution is 8.01. The molecule has 1 aromatic rings. The Labute approximate surface area is 98.1 Å². The first-order valence-electron chi connectivity index (χ1n) is 4.79. The molecular weight excluding hydrogens is 228 g/mol. The van der Waals surface area contributed by atoms with Crippen LogP contribution < -0.4 is 5.32 Å². The number of nitrogens with one attached hydrogen (secondary N) is 1. The van der Waals surface area contributed by atoms with Crippen LogP contribution in [0.3, 0.4) is 0 Å². The Morgan fingerprint density at radius 1 is 1.53 bits per heavy atom. The zero-order valence-electron chi connectivity index (χ0n) is 8.86. The van der Waals surface area contributed by atoms with Crippen molar-refractivity contribution in [3.8, 4) is 6.07 Å². The molecule has 4 nitrogen and oxygen atoms in total. The molecule has 0 aliphatic heterocycles. The summed E-state index contributed by atoms with van der Waals surface area (Å²) in [5.74, 6) is 1.12. The fourth-order valence-corrected chi connectivity index (χ4v) is 2.34. The normalized spacial score (nSPS) is 10.3. The van der Waals surface area contributed by atoms with Gasteiger partial charge in [-0.05, 0) is 12.3 Å². The van der Waals surface area contributed by atoms with E-state index in [0.29, 0.717) is 11.7 Å². The van der Waals surface area contributed by atoms with Crippen LogP contribution in [-0.2, 0) is 0 Å². The molecule has 0 fully saturated rings. The van der Waals surface area contributed by atoms with Crippen molar-refractivity contribution in [2.24, 2.45) is 5.92 Å². The molecule has 0 amide bonds. The highest BCUT2D eigenvalue weighted by Gasteiger charge is 2.03. The molecule has 1 heterocycles. The number of anilines is 1. The van der Waals surface area contributed by atoms with Gasteiger partial charge in [0.15, 0.2) is 4.34 Å². The van der Waals surface area contributed by atoms with Crippen molar-refractivity contribution < 1.29 is 0 Å². The number of hydrogen-bond acceptors (Lipinski definition) is 6. The maximum absolute atomic E-state index is 8.41. The first kappa shape index (κ1) is 12.3. The lowest BCUT2D eigenvalue weighted by molar-refractivity contribution is 0.607. The van der Waals surface area contributed by atoms with Crippen LogP contribution in [0.25, 0.3) is 0 Å². The molecular formula is C9H14N4S2. The molecule has 0 atom stereocenters. The first-order chi connectivity index (χ1) is 7.22. The van der Waals surface area contributed by atoms with Crippen molar-refractivity contribution in [2.45, 2.75) is 24.6 Å². The van der Waals surface area contributed by atoms with Gasteiger partial charge in [-0.15, -0.1) is 10.2 Å². The number of rotatable bonds is 6. The van der Waals surface area contributed by atoms with Crippen LogP contribution in [0.5, 0.6) is 0 Å². The molecule has 82 valence electrons. The van der Waals surface area contributed by atoms with E-state index < -0.39 is 0 Å². The molecule has 0 saturated heterocycles. The number of thioether (sulfide) groups is 1. The minimum Gasteiger partial charge on any atom is -0.360 e. The minimum atomic E-state index is 0.431. The van der Waals surface area contributed by atoms with Crippen molar-refractivity contribution in [1.29, 1.82) is 5.26 Å². The number of nitriles is 1. The number of nitrogens with zero attached hydrogens (tertiary/aromatic N) is 3. The maximum atomic E-state index is 8.41. The monoisotopic (exact) mass is 242 g/mol. The fraction of sp³-hybridized carbons (Fsp3) is 0.667. The Hall–Kier alpha value is -0.800. The van der Waals surface area contributed by atoms with E-state index in [2.05, 4.69) is 35.4 Å². The summed E-state index contributed by atoms with van der Waals surface area (Å²) < 4.78 is 0.851. The summed E-state index contributed by atoms with van der Waals surface area (Å²) in [6.45, 7) is 5.31. The van der Waals surface area contributed by atoms with E-state index in [1.54, 1.807) is 0 Å². The van der Waals surface area contributed by atoms with Gasteiger partial charge in [0, 0.05) is 6.54 Å². The predicted octanol–water partition coefficient (Wildman–Crippen LogP) is 2.61. The van der Waals surface area contributed by atoms with Crippen molar-refractivity contribution in [3.63, 3.8) is 0 Å². The van der Waals surface area contributed by atoms with E-state index in [1.165, 1.54) is 23.1 Å². The molecule has 0 aliphatic carbocycles. The van der Waals surface area contributed by atoms with Crippen LogP contribution in [0.2, 0.25) is 0 Å². The van der Waals surface area contributed by atoms with Crippen LogP contribution in [0.4, 0.5) is 5.13 Å². The van der Waals surface area contributed by atoms with Crippen LogP contribution in [0.1, 0.15) is 20.3 Å². The predicted molar refractivity (Wildman–Crippen MR) is 64.2 cm³/mol. The minimum absolute atomic E-state index is 0.431. The van der Waals surface area contributed by atoms with Gasteiger partial charge in [0.05, 0.1) is 11.8 Å². The van der Waals surface area contributed by atoms with Gasteiger partial charge < -0.3 is 5.32 Å². The van der Waals surface area contributed by atoms with Crippen molar-refractivity contribution in [3.05, 3.63) is 0 Å². The largest absolute Gasteiger partial charge is 0.360 e. The van der Waals surface area contributed by atoms with Crippen molar-refractivity contribution >= 4 is 28.2 Å². The summed E-state index contributed by atoms with van der Waals surface area (Å²) in [4.78, 5) is 0. The lowest BCUT2D eigenvalue weighted by Gasteiger charge is -2.03. The fourth-order valence-electron chi connectivity index (χ4n) is 0.901. The summed E-state index contributed by atoms with van der Waals surface area (Å²) in [7, 11) is 0. The molecule has 0 aliphatic rings. The van der Waals surface area contributed by atoms with Crippen LogP contribution in [0.15, 0.2) is 4.34 Å². The molecule has 15 heavy (non-hydrogen) atoms. The second-order valence-corrected chi connectivity index (χ2v) is 5.63.